The van der Waals surface area contributed by atoms with Gasteiger partial charge < -0.3 is 9.84 Å². The molecule has 1 aliphatic heterocycles. The first-order valence-corrected chi connectivity index (χ1v) is 4.83. The van der Waals surface area contributed by atoms with Gasteiger partial charge in [0.25, 0.3) is 0 Å². The van der Waals surface area contributed by atoms with Gasteiger partial charge >= 0.3 is 0 Å². The molecule has 0 spiro atoms. The van der Waals surface area contributed by atoms with Crippen molar-refractivity contribution in [3.8, 4) is 0 Å². The maximum atomic E-state index is 9.59. The Hall–Kier alpha value is -0.710. The zero-order chi connectivity index (χ0) is 10.3. The summed E-state index contributed by atoms with van der Waals surface area (Å²) < 4.78 is 5.42. The molecule has 0 radical (unpaired) electrons. The van der Waals surface area contributed by atoms with Gasteiger partial charge in [-0.15, -0.1) is 0 Å². The number of ether oxygens (including phenoxy) is 1. The molecule has 5 heteroatoms. The first-order valence-electron chi connectivity index (χ1n) is 4.45. The molecule has 2 heterocycles. The maximum Gasteiger partial charge on any atom is 0.222 e. The summed E-state index contributed by atoms with van der Waals surface area (Å²) in [7, 11) is 0. The van der Waals surface area contributed by atoms with E-state index in [2.05, 4.69) is 9.97 Å². The van der Waals surface area contributed by atoms with Crippen LogP contribution in [0.4, 0.5) is 0 Å². The van der Waals surface area contributed by atoms with Crippen molar-refractivity contribution in [2.24, 2.45) is 0 Å². The van der Waals surface area contributed by atoms with E-state index in [0.29, 0.717) is 11.3 Å². The molecule has 1 aliphatic rings. The highest BCUT2D eigenvalue weighted by Crippen LogP contribution is 2.42. The average molecular weight is 215 g/mol. The Kier molecular flexibility index (Phi) is 2.21. The highest BCUT2D eigenvalue weighted by molar-refractivity contribution is 6.28. The second kappa shape index (κ2) is 3.15. The van der Waals surface area contributed by atoms with Gasteiger partial charge in [0, 0.05) is 6.20 Å². The van der Waals surface area contributed by atoms with Crippen LogP contribution in [-0.4, -0.2) is 15.1 Å². The van der Waals surface area contributed by atoms with E-state index in [-0.39, 0.29) is 5.28 Å². The van der Waals surface area contributed by atoms with Crippen LogP contribution in [0.3, 0.4) is 0 Å². The topological polar surface area (TPSA) is 55.2 Å². The fraction of sp³-hybridized carbons (Fsp3) is 0.556. The summed E-state index contributed by atoms with van der Waals surface area (Å²) in [6.45, 7) is 3.85. The third-order valence-electron chi connectivity index (χ3n) is 2.60. The van der Waals surface area contributed by atoms with E-state index in [9.17, 15) is 5.11 Å². The van der Waals surface area contributed by atoms with E-state index in [1.165, 1.54) is 6.20 Å². The van der Waals surface area contributed by atoms with Crippen molar-refractivity contribution >= 4 is 11.6 Å². The van der Waals surface area contributed by atoms with Crippen molar-refractivity contribution in [1.29, 1.82) is 0 Å². The summed E-state index contributed by atoms with van der Waals surface area (Å²) >= 11 is 5.70. The molecule has 2 rings (SSSR count). The van der Waals surface area contributed by atoms with E-state index in [0.717, 1.165) is 6.42 Å². The molecule has 76 valence electrons. The van der Waals surface area contributed by atoms with E-state index in [4.69, 9.17) is 16.3 Å². The molecule has 14 heavy (non-hydrogen) atoms. The van der Waals surface area contributed by atoms with Gasteiger partial charge in [0.15, 0.2) is 6.29 Å². The van der Waals surface area contributed by atoms with E-state index in [1.807, 2.05) is 13.8 Å². The number of aliphatic hydroxyl groups is 1. The van der Waals surface area contributed by atoms with Crippen LogP contribution in [0.25, 0.3) is 0 Å². The van der Waals surface area contributed by atoms with Gasteiger partial charge in [0.05, 0.1) is 11.3 Å². The molecular formula is C9H11ClN2O2. The number of rotatable bonds is 1. The maximum absolute atomic E-state index is 9.59. The number of hydrogen-bond acceptors (Lipinski definition) is 4. The van der Waals surface area contributed by atoms with E-state index in [1.54, 1.807) is 0 Å². The van der Waals surface area contributed by atoms with Crippen molar-refractivity contribution in [2.45, 2.75) is 32.2 Å². The summed E-state index contributed by atoms with van der Waals surface area (Å²) in [5, 5.41) is 9.78. The first kappa shape index (κ1) is 9.83. The monoisotopic (exact) mass is 214 g/mol. The largest absolute Gasteiger partial charge is 0.364 e. The zero-order valence-electron chi connectivity index (χ0n) is 7.99. The summed E-state index contributed by atoms with van der Waals surface area (Å²) in [4.78, 5) is 7.91. The van der Waals surface area contributed by atoms with Crippen LogP contribution in [0.1, 0.15) is 37.8 Å². The van der Waals surface area contributed by atoms with Crippen molar-refractivity contribution in [2.75, 3.05) is 0 Å². The average Bonchev–Trinajstić information content (AvgIpc) is 2.40. The fourth-order valence-corrected chi connectivity index (χ4v) is 1.72. The smallest absolute Gasteiger partial charge is 0.222 e. The van der Waals surface area contributed by atoms with Gasteiger partial charge in [0.2, 0.25) is 5.28 Å². The molecule has 4 nitrogen and oxygen atoms in total. The number of hydrogen-bond donors (Lipinski definition) is 1. The molecule has 1 aromatic rings. The lowest BCUT2D eigenvalue weighted by Gasteiger charge is -2.21. The number of halogens is 1. The number of aromatic nitrogens is 2. The van der Waals surface area contributed by atoms with Crippen molar-refractivity contribution in [1.82, 2.24) is 9.97 Å². The van der Waals surface area contributed by atoms with E-state index < -0.39 is 11.9 Å². The lowest BCUT2D eigenvalue weighted by Crippen LogP contribution is -2.21. The Morgan fingerprint density at radius 3 is 3.07 bits per heavy atom. The Balaban J connectivity index is 2.56. The molecule has 0 aliphatic carbocycles. The molecule has 1 aromatic heterocycles. The van der Waals surface area contributed by atoms with Crippen LogP contribution in [0.2, 0.25) is 5.28 Å². The number of fused-ring (bicyclic) bond motifs is 1. The fourth-order valence-electron chi connectivity index (χ4n) is 1.59. The van der Waals surface area contributed by atoms with Crippen LogP contribution in [0.5, 0.6) is 0 Å². The molecular weight excluding hydrogens is 204 g/mol. The Labute approximate surface area is 86.9 Å². The highest BCUT2D eigenvalue weighted by atomic mass is 35.5. The van der Waals surface area contributed by atoms with Crippen molar-refractivity contribution < 1.29 is 9.84 Å². The van der Waals surface area contributed by atoms with Gasteiger partial charge in [0.1, 0.15) is 5.60 Å². The molecule has 0 fully saturated rings. The number of aliphatic hydroxyl groups excluding tert-OH is 1. The predicted octanol–water partition coefficient (Wildman–Crippen LogP) is 1.78. The zero-order valence-corrected chi connectivity index (χ0v) is 8.75. The molecule has 0 saturated heterocycles. The predicted molar refractivity (Wildman–Crippen MR) is 50.7 cm³/mol. The van der Waals surface area contributed by atoms with E-state index >= 15 is 0 Å². The van der Waals surface area contributed by atoms with Crippen LogP contribution in [0.15, 0.2) is 6.20 Å². The van der Waals surface area contributed by atoms with Gasteiger partial charge in [-0.05, 0) is 24.9 Å². The first-order chi connectivity index (χ1) is 6.57. The Morgan fingerprint density at radius 2 is 2.43 bits per heavy atom. The SMILES string of the molecule is CCC1(C)OC(O)c2cnc(Cl)nc21. The summed E-state index contributed by atoms with van der Waals surface area (Å²) in [5.74, 6) is 0. The van der Waals surface area contributed by atoms with Crippen molar-refractivity contribution in [3.05, 3.63) is 22.7 Å². The third kappa shape index (κ3) is 1.30. The van der Waals surface area contributed by atoms with Gasteiger partial charge in [-0.2, -0.15) is 0 Å². The minimum atomic E-state index is -0.938. The quantitative estimate of drug-likeness (QED) is 0.724. The normalized spacial score (nSPS) is 30.4. The summed E-state index contributed by atoms with van der Waals surface area (Å²) in [6, 6.07) is 0. The van der Waals surface area contributed by atoms with Crippen LogP contribution >= 0.6 is 11.6 Å². The highest BCUT2D eigenvalue weighted by Gasteiger charge is 2.41. The minimum absolute atomic E-state index is 0.182. The second-order valence-corrected chi connectivity index (χ2v) is 3.84. The van der Waals surface area contributed by atoms with Gasteiger partial charge in [-0.1, -0.05) is 6.92 Å². The van der Waals surface area contributed by atoms with Gasteiger partial charge in [-0.3, -0.25) is 0 Å². The standard InChI is InChI=1S/C9H11ClN2O2/c1-3-9(2)6-5(7(13)14-9)4-11-8(10)12-6/h4,7,13H,3H2,1-2H3. The molecule has 2 atom stereocenters. The van der Waals surface area contributed by atoms with Crippen LogP contribution < -0.4 is 0 Å². The molecule has 0 amide bonds. The van der Waals surface area contributed by atoms with Crippen molar-refractivity contribution in [3.63, 3.8) is 0 Å². The second-order valence-electron chi connectivity index (χ2n) is 3.50. The molecule has 1 N–H and O–H groups in total. The molecule has 0 saturated carbocycles. The third-order valence-corrected chi connectivity index (χ3v) is 2.78. The van der Waals surface area contributed by atoms with Crippen LogP contribution in [0, 0.1) is 0 Å². The van der Waals surface area contributed by atoms with Crippen LogP contribution in [-0.2, 0) is 10.3 Å². The van der Waals surface area contributed by atoms with Gasteiger partial charge in [-0.25, -0.2) is 9.97 Å². The molecule has 2 unspecified atom stereocenters. The number of nitrogens with zero attached hydrogens (tertiary/aromatic N) is 2. The lowest BCUT2D eigenvalue weighted by atomic mass is 9.98. The lowest BCUT2D eigenvalue weighted by molar-refractivity contribution is -0.167. The Morgan fingerprint density at radius 1 is 1.71 bits per heavy atom. The summed E-state index contributed by atoms with van der Waals surface area (Å²) in [5.41, 5.74) is 0.743. The Bertz CT molecular complexity index is 372. The minimum Gasteiger partial charge on any atom is -0.364 e. The molecule has 0 bridgehead atoms. The molecule has 0 aromatic carbocycles. The summed E-state index contributed by atoms with van der Waals surface area (Å²) in [6.07, 6.45) is 1.30.